The van der Waals surface area contributed by atoms with Crippen LogP contribution in [-0.4, -0.2) is 31.5 Å². The number of para-hydroxylation sites is 5. The van der Waals surface area contributed by atoms with Crippen LogP contribution >= 0.6 is 0 Å². The third kappa shape index (κ3) is 8.32. The van der Waals surface area contributed by atoms with Crippen molar-refractivity contribution in [1.29, 1.82) is 0 Å². The van der Waals surface area contributed by atoms with Crippen LogP contribution in [0.4, 0.5) is 20.2 Å². The van der Waals surface area contributed by atoms with Crippen molar-refractivity contribution in [2.45, 2.75) is 27.1 Å². The van der Waals surface area contributed by atoms with E-state index in [-0.39, 0.29) is 48.0 Å². The van der Waals surface area contributed by atoms with E-state index in [1.165, 1.54) is 18.2 Å². The van der Waals surface area contributed by atoms with Crippen molar-refractivity contribution in [2.24, 2.45) is 0 Å². The molecule has 0 fully saturated rings. The summed E-state index contributed by atoms with van der Waals surface area (Å²) < 4.78 is 54.8. The molecular formula is C41H36F2N2O7. The number of benzene rings is 4. The van der Waals surface area contributed by atoms with Crippen molar-refractivity contribution in [3.8, 4) is 17.2 Å². The van der Waals surface area contributed by atoms with Crippen LogP contribution in [0.2, 0.25) is 0 Å². The van der Waals surface area contributed by atoms with Gasteiger partial charge in [0, 0.05) is 12.2 Å². The monoisotopic (exact) mass is 706 g/mol. The standard InChI is InChI=1S/C21H20FNO3.C20H16FNO4/c1-3-23(18-10-6-4-8-15(18)2)21(24)20-13-12-16(26-20)14-25-19-11-7-5-9-17(19)22;21-15-5-1-3-7-17(15)25-13-14-9-10-19(26-14)20(23)22-11-12-24-18-8-4-2-6-16(18)22/h4-13H,3,14H2,1-2H3;1-10H,11-13H2. The van der Waals surface area contributed by atoms with Gasteiger partial charge >= 0.3 is 0 Å². The largest absolute Gasteiger partial charge is 0.490 e. The molecule has 266 valence electrons. The number of fused-ring (bicyclic) bond motifs is 1. The van der Waals surface area contributed by atoms with E-state index in [0.29, 0.717) is 42.7 Å². The lowest BCUT2D eigenvalue weighted by atomic mass is 10.1. The second kappa shape index (κ2) is 16.6. The number of hydrogen-bond donors (Lipinski definition) is 0. The van der Waals surface area contributed by atoms with E-state index in [0.717, 1.165) is 11.3 Å². The minimum absolute atomic E-state index is 0.0356. The minimum atomic E-state index is -0.444. The summed E-state index contributed by atoms with van der Waals surface area (Å²) in [6.45, 7) is 5.34. The van der Waals surface area contributed by atoms with E-state index < -0.39 is 11.6 Å². The van der Waals surface area contributed by atoms with Gasteiger partial charge in [-0.1, -0.05) is 54.6 Å². The number of furan rings is 2. The summed E-state index contributed by atoms with van der Waals surface area (Å²) in [5, 5.41) is 0. The summed E-state index contributed by atoms with van der Waals surface area (Å²) in [4.78, 5) is 28.9. The van der Waals surface area contributed by atoms with E-state index in [1.807, 2.05) is 62.4 Å². The lowest BCUT2D eigenvalue weighted by Gasteiger charge is -2.28. The van der Waals surface area contributed by atoms with Crippen molar-refractivity contribution in [3.05, 3.63) is 162 Å². The van der Waals surface area contributed by atoms with Crippen LogP contribution in [0.25, 0.3) is 0 Å². The lowest BCUT2D eigenvalue weighted by Crippen LogP contribution is -2.37. The van der Waals surface area contributed by atoms with Gasteiger partial charge in [0.25, 0.3) is 11.8 Å². The zero-order valence-corrected chi connectivity index (χ0v) is 28.6. The number of hydrogen-bond acceptors (Lipinski definition) is 7. The molecule has 0 spiro atoms. The van der Waals surface area contributed by atoms with Gasteiger partial charge in [0.05, 0.1) is 12.2 Å². The van der Waals surface area contributed by atoms with Gasteiger partial charge in [-0.2, -0.15) is 0 Å². The van der Waals surface area contributed by atoms with Gasteiger partial charge in [0.2, 0.25) is 0 Å². The molecule has 0 N–H and O–H groups in total. The van der Waals surface area contributed by atoms with Crippen LogP contribution in [0.1, 0.15) is 45.1 Å². The highest BCUT2D eigenvalue weighted by Crippen LogP contribution is 2.32. The third-order valence-corrected chi connectivity index (χ3v) is 8.10. The molecule has 0 aliphatic carbocycles. The average molecular weight is 707 g/mol. The Labute approximate surface area is 299 Å². The average Bonchev–Trinajstić information content (AvgIpc) is 3.85. The molecule has 0 unspecified atom stereocenters. The number of carbonyl (C=O) groups excluding carboxylic acids is 2. The van der Waals surface area contributed by atoms with Gasteiger partial charge in [-0.25, -0.2) is 8.78 Å². The molecule has 3 heterocycles. The van der Waals surface area contributed by atoms with Crippen LogP contribution in [0.5, 0.6) is 17.2 Å². The first-order chi connectivity index (χ1) is 25.3. The number of amides is 2. The molecule has 11 heteroatoms. The van der Waals surface area contributed by atoms with Crippen LogP contribution in [0, 0.1) is 18.6 Å². The topological polar surface area (TPSA) is 94.6 Å². The fraction of sp³-hybridized carbons (Fsp3) is 0.171. The van der Waals surface area contributed by atoms with Gasteiger partial charge < -0.3 is 27.9 Å². The molecule has 9 nitrogen and oxygen atoms in total. The Hall–Kier alpha value is -6.36. The molecule has 0 bridgehead atoms. The zero-order chi connectivity index (χ0) is 36.5. The molecule has 0 saturated heterocycles. The predicted octanol–water partition coefficient (Wildman–Crippen LogP) is 9.01. The van der Waals surface area contributed by atoms with Crippen molar-refractivity contribution >= 4 is 23.2 Å². The second-order valence-corrected chi connectivity index (χ2v) is 11.6. The van der Waals surface area contributed by atoms with Gasteiger partial charge in [-0.05, 0) is 86.1 Å². The van der Waals surface area contributed by atoms with Gasteiger partial charge in [-0.3, -0.25) is 14.5 Å². The fourth-order valence-corrected chi connectivity index (χ4v) is 5.50. The number of halogens is 2. The van der Waals surface area contributed by atoms with Gasteiger partial charge in [0.15, 0.2) is 34.7 Å². The molecule has 52 heavy (non-hydrogen) atoms. The Balaban J connectivity index is 0.000000179. The van der Waals surface area contributed by atoms with Crippen LogP contribution in [-0.2, 0) is 13.2 Å². The smallest absolute Gasteiger partial charge is 0.294 e. The van der Waals surface area contributed by atoms with Crippen molar-refractivity contribution in [3.63, 3.8) is 0 Å². The Morgan fingerprint density at radius 2 is 1.27 bits per heavy atom. The number of aryl methyl sites for hydroxylation is 1. The normalized spacial score (nSPS) is 11.8. The molecule has 2 amide bonds. The summed E-state index contributed by atoms with van der Waals surface area (Å²) >= 11 is 0. The quantitative estimate of drug-likeness (QED) is 0.140. The third-order valence-electron chi connectivity index (χ3n) is 8.10. The van der Waals surface area contributed by atoms with E-state index >= 15 is 0 Å². The van der Waals surface area contributed by atoms with Gasteiger partial charge in [-0.15, -0.1) is 0 Å². The van der Waals surface area contributed by atoms with E-state index in [9.17, 15) is 18.4 Å². The molecule has 0 saturated carbocycles. The summed E-state index contributed by atoms with van der Waals surface area (Å²) in [7, 11) is 0. The van der Waals surface area contributed by atoms with Crippen LogP contribution < -0.4 is 24.0 Å². The molecular weight excluding hydrogens is 670 g/mol. The number of anilines is 2. The van der Waals surface area contributed by atoms with Gasteiger partial charge in [0.1, 0.15) is 37.1 Å². The van der Waals surface area contributed by atoms with Crippen LogP contribution in [0.3, 0.4) is 0 Å². The lowest BCUT2D eigenvalue weighted by molar-refractivity contribution is 0.0942. The van der Waals surface area contributed by atoms with E-state index in [1.54, 1.807) is 64.4 Å². The number of ether oxygens (including phenoxy) is 3. The Morgan fingerprint density at radius 3 is 1.90 bits per heavy atom. The zero-order valence-electron chi connectivity index (χ0n) is 28.6. The molecule has 4 aromatic carbocycles. The SMILES string of the molecule is CCN(C(=O)c1ccc(COc2ccccc2F)o1)c1ccccc1C.O=C(c1ccc(COc2ccccc2F)o1)N1CCOc2ccccc21. The number of carbonyl (C=O) groups is 2. The molecule has 0 radical (unpaired) electrons. The minimum Gasteiger partial charge on any atom is -0.490 e. The Morgan fingerprint density at radius 1 is 0.712 bits per heavy atom. The number of nitrogens with zero attached hydrogens (tertiary/aromatic N) is 2. The van der Waals surface area contributed by atoms with E-state index in [4.69, 9.17) is 23.0 Å². The maximum atomic E-state index is 13.6. The second-order valence-electron chi connectivity index (χ2n) is 11.6. The maximum absolute atomic E-state index is 13.6. The Kier molecular flexibility index (Phi) is 11.3. The summed E-state index contributed by atoms with van der Waals surface area (Å²) in [6, 6.07) is 33.9. The first kappa shape index (κ1) is 35.5. The summed E-state index contributed by atoms with van der Waals surface area (Å²) in [6.07, 6.45) is 0. The molecule has 1 aliphatic heterocycles. The molecule has 6 aromatic rings. The fourth-order valence-electron chi connectivity index (χ4n) is 5.50. The van der Waals surface area contributed by atoms with E-state index in [2.05, 4.69) is 0 Å². The van der Waals surface area contributed by atoms with Crippen molar-refractivity contribution < 1.29 is 41.4 Å². The highest BCUT2D eigenvalue weighted by molar-refractivity contribution is 6.05. The molecule has 2 aromatic heterocycles. The van der Waals surface area contributed by atoms with Crippen molar-refractivity contribution in [1.82, 2.24) is 0 Å². The highest BCUT2D eigenvalue weighted by atomic mass is 19.1. The summed E-state index contributed by atoms with van der Waals surface area (Å²) in [5.41, 5.74) is 2.57. The first-order valence-corrected chi connectivity index (χ1v) is 16.7. The molecule has 1 aliphatic rings. The maximum Gasteiger partial charge on any atom is 0.294 e. The number of rotatable bonds is 10. The summed E-state index contributed by atoms with van der Waals surface area (Å²) in [5.74, 6) is 0.920. The van der Waals surface area contributed by atoms with Crippen molar-refractivity contribution in [2.75, 3.05) is 29.5 Å². The first-order valence-electron chi connectivity index (χ1n) is 16.7. The molecule has 0 atom stereocenters. The Bertz CT molecular complexity index is 2050. The van der Waals surface area contributed by atoms with Crippen LogP contribution in [0.15, 0.2) is 130 Å². The highest BCUT2D eigenvalue weighted by Gasteiger charge is 2.27. The predicted molar refractivity (Wildman–Crippen MR) is 191 cm³/mol. The molecule has 7 rings (SSSR count).